The third-order valence-corrected chi connectivity index (χ3v) is 6.58. The Morgan fingerprint density at radius 3 is 2.68 bits per heavy atom. The van der Waals surface area contributed by atoms with Crippen molar-refractivity contribution in [1.82, 2.24) is 9.88 Å². The minimum absolute atomic E-state index is 0.0226. The number of rotatable bonds is 3. The summed E-state index contributed by atoms with van der Waals surface area (Å²) in [6.45, 7) is 3.34. The maximum atomic E-state index is 12.2. The van der Waals surface area contributed by atoms with Crippen LogP contribution in [0.5, 0.6) is 5.75 Å². The number of fused-ring (bicyclic) bond motifs is 3. The van der Waals surface area contributed by atoms with E-state index in [1.54, 1.807) is 24.0 Å². The van der Waals surface area contributed by atoms with Gasteiger partial charge in [-0.3, -0.25) is 4.79 Å². The highest BCUT2D eigenvalue weighted by atomic mass is 19.3. The van der Waals surface area contributed by atoms with Crippen LogP contribution in [0.25, 0.3) is 0 Å². The monoisotopic (exact) mass is 475 g/mol. The second kappa shape index (κ2) is 10.7. The molecule has 0 saturated carbocycles. The second-order valence-electron chi connectivity index (χ2n) is 8.78. The van der Waals surface area contributed by atoms with Gasteiger partial charge in [0.2, 0.25) is 5.91 Å². The molecule has 1 fully saturated rings. The summed E-state index contributed by atoms with van der Waals surface area (Å²) in [6, 6.07) is 4.57. The SMILES string of the molecule is CC(=O)N1CCOC[C@@H]1c1ccc(OC(F)F)cc1C.Nc1nc2c(c3c1COC3)CCCC2. The molecule has 1 saturated heterocycles. The quantitative estimate of drug-likeness (QED) is 0.720. The predicted molar refractivity (Wildman–Crippen MR) is 123 cm³/mol. The van der Waals surface area contributed by atoms with Crippen LogP contribution < -0.4 is 10.5 Å². The Morgan fingerprint density at radius 2 is 1.94 bits per heavy atom. The summed E-state index contributed by atoms with van der Waals surface area (Å²) in [6.07, 6.45) is 4.78. The normalized spacial score (nSPS) is 19.2. The number of aryl methyl sites for hydroxylation is 2. The van der Waals surface area contributed by atoms with Crippen LogP contribution in [0.1, 0.15) is 59.3 Å². The fourth-order valence-electron chi connectivity index (χ4n) is 4.91. The number of benzene rings is 1. The number of amides is 1. The zero-order valence-corrected chi connectivity index (χ0v) is 19.6. The molecule has 2 N–H and O–H groups in total. The van der Waals surface area contributed by atoms with Crippen molar-refractivity contribution in [1.29, 1.82) is 0 Å². The van der Waals surface area contributed by atoms with Gasteiger partial charge < -0.3 is 24.8 Å². The summed E-state index contributed by atoms with van der Waals surface area (Å²) < 4.78 is 39.6. The molecule has 3 aliphatic rings. The van der Waals surface area contributed by atoms with Crippen LogP contribution >= 0.6 is 0 Å². The number of anilines is 1. The highest BCUT2D eigenvalue weighted by Gasteiger charge is 2.28. The number of alkyl halides is 2. The number of hydrogen-bond donors (Lipinski definition) is 1. The lowest BCUT2D eigenvalue weighted by Crippen LogP contribution is -2.42. The minimum Gasteiger partial charge on any atom is -0.435 e. The summed E-state index contributed by atoms with van der Waals surface area (Å²) in [4.78, 5) is 17.9. The van der Waals surface area contributed by atoms with E-state index in [4.69, 9.17) is 15.2 Å². The topological polar surface area (TPSA) is 86.9 Å². The molecular formula is C25H31F2N3O4. The van der Waals surface area contributed by atoms with E-state index in [2.05, 4.69) is 9.72 Å². The first-order chi connectivity index (χ1) is 16.3. The smallest absolute Gasteiger partial charge is 0.387 e. The van der Waals surface area contributed by atoms with E-state index in [0.29, 0.717) is 32.2 Å². The lowest BCUT2D eigenvalue weighted by molar-refractivity contribution is -0.137. The standard InChI is InChI=1S/C14H17F2NO3.C11H14N2O/c1-9-7-11(20-14(15)16)3-4-12(9)13-8-19-6-5-17(13)10(2)18;12-11-9-6-14-5-8(9)7-3-1-2-4-10(7)13-11/h3-4,7,13-14H,5-6,8H2,1-2H3;1-6H2,(H2,12,13)/t13-;/m1./s1. The van der Waals surface area contributed by atoms with E-state index >= 15 is 0 Å². The molecule has 0 unspecified atom stereocenters. The molecule has 0 spiro atoms. The van der Waals surface area contributed by atoms with Gasteiger partial charge in [0.15, 0.2) is 0 Å². The van der Waals surface area contributed by atoms with E-state index in [9.17, 15) is 13.6 Å². The summed E-state index contributed by atoms with van der Waals surface area (Å²) in [7, 11) is 0. The molecule has 1 aliphatic carbocycles. The van der Waals surface area contributed by atoms with Gasteiger partial charge in [0.05, 0.1) is 32.5 Å². The first-order valence-corrected chi connectivity index (χ1v) is 11.6. The zero-order valence-electron chi connectivity index (χ0n) is 19.6. The number of halogens is 2. The lowest BCUT2D eigenvalue weighted by Gasteiger charge is -2.36. The number of carbonyl (C=O) groups excluding carboxylic acids is 1. The van der Waals surface area contributed by atoms with Gasteiger partial charge in [-0.2, -0.15) is 8.78 Å². The summed E-state index contributed by atoms with van der Waals surface area (Å²) in [5, 5.41) is 0. The van der Waals surface area contributed by atoms with Crippen LogP contribution in [-0.2, 0) is 40.3 Å². The molecule has 7 nitrogen and oxygen atoms in total. The van der Waals surface area contributed by atoms with Crippen molar-refractivity contribution in [3.8, 4) is 5.75 Å². The van der Waals surface area contributed by atoms with E-state index in [1.807, 2.05) is 0 Å². The Bertz CT molecular complexity index is 1050. The molecule has 1 aromatic carbocycles. The number of aromatic nitrogens is 1. The minimum atomic E-state index is -2.84. The fourth-order valence-corrected chi connectivity index (χ4v) is 4.91. The third kappa shape index (κ3) is 5.31. The van der Waals surface area contributed by atoms with E-state index in [-0.39, 0.29) is 17.7 Å². The number of carbonyl (C=O) groups is 1. The maximum absolute atomic E-state index is 12.2. The van der Waals surface area contributed by atoms with Gasteiger partial charge in [0, 0.05) is 24.7 Å². The number of nitrogens with zero attached hydrogens (tertiary/aromatic N) is 2. The molecule has 3 heterocycles. The largest absolute Gasteiger partial charge is 0.435 e. The van der Waals surface area contributed by atoms with Gasteiger partial charge in [-0.15, -0.1) is 0 Å². The Labute approximate surface area is 198 Å². The van der Waals surface area contributed by atoms with Crippen molar-refractivity contribution in [3.63, 3.8) is 0 Å². The third-order valence-electron chi connectivity index (χ3n) is 6.58. The van der Waals surface area contributed by atoms with Crippen LogP contribution in [-0.4, -0.2) is 42.2 Å². The fraction of sp³-hybridized carbons (Fsp3) is 0.520. The zero-order chi connectivity index (χ0) is 24.2. The van der Waals surface area contributed by atoms with Gasteiger partial charge >= 0.3 is 6.61 Å². The molecule has 0 radical (unpaired) electrons. The molecule has 9 heteroatoms. The molecule has 2 aliphatic heterocycles. The number of morpholine rings is 1. The molecule has 5 rings (SSSR count). The first-order valence-electron chi connectivity index (χ1n) is 11.6. The van der Waals surface area contributed by atoms with Crippen molar-refractivity contribution in [2.24, 2.45) is 0 Å². The molecule has 1 amide bonds. The average Bonchev–Trinajstić information content (AvgIpc) is 3.30. The van der Waals surface area contributed by atoms with Gasteiger partial charge in [0.1, 0.15) is 11.6 Å². The van der Waals surface area contributed by atoms with Crippen LogP contribution in [0.2, 0.25) is 0 Å². The van der Waals surface area contributed by atoms with Crippen molar-refractivity contribution in [2.45, 2.75) is 65.4 Å². The Balaban J connectivity index is 0.000000170. The van der Waals surface area contributed by atoms with E-state index < -0.39 is 6.61 Å². The highest BCUT2D eigenvalue weighted by molar-refractivity contribution is 5.74. The van der Waals surface area contributed by atoms with Crippen molar-refractivity contribution >= 4 is 11.7 Å². The van der Waals surface area contributed by atoms with Crippen LogP contribution in [0, 0.1) is 6.92 Å². The molecule has 2 aromatic rings. The molecule has 184 valence electrons. The number of hydrogen-bond acceptors (Lipinski definition) is 6. The van der Waals surface area contributed by atoms with Crippen molar-refractivity contribution in [3.05, 3.63) is 51.7 Å². The predicted octanol–water partition coefficient (Wildman–Crippen LogP) is 4.09. The van der Waals surface area contributed by atoms with Crippen LogP contribution in [0.15, 0.2) is 18.2 Å². The lowest BCUT2D eigenvalue weighted by atomic mass is 9.91. The molecule has 0 bridgehead atoms. The van der Waals surface area contributed by atoms with Crippen molar-refractivity contribution < 1.29 is 27.8 Å². The molecule has 1 atom stereocenters. The molecule has 1 aromatic heterocycles. The summed E-state index contributed by atoms with van der Waals surface area (Å²) in [5.41, 5.74) is 12.7. The highest BCUT2D eigenvalue weighted by Crippen LogP contribution is 2.33. The second-order valence-corrected chi connectivity index (χ2v) is 8.78. The molecular weight excluding hydrogens is 444 g/mol. The number of nitrogen functional groups attached to an aromatic ring is 1. The number of ether oxygens (including phenoxy) is 3. The van der Waals surface area contributed by atoms with E-state index in [1.165, 1.54) is 42.7 Å². The Hall–Kier alpha value is -2.78. The Kier molecular flexibility index (Phi) is 7.63. The van der Waals surface area contributed by atoms with Gasteiger partial charge in [0.25, 0.3) is 0 Å². The average molecular weight is 476 g/mol. The summed E-state index contributed by atoms with van der Waals surface area (Å²) in [5.74, 6) is 0.788. The summed E-state index contributed by atoms with van der Waals surface area (Å²) >= 11 is 0. The van der Waals surface area contributed by atoms with E-state index in [0.717, 1.165) is 36.1 Å². The van der Waals surface area contributed by atoms with Gasteiger partial charge in [-0.25, -0.2) is 4.98 Å². The van der Waals surface area contributed by atoms with Crippen LogP contribution in [0.3, 0.4) is 0 Å². The maximum Gasteiger partial charge on any atom is 0.387 e. The van der Waals surface area contributed by atoms with Crippen molar-refractivity contribution in [2.75, 3.05) is 25.5 Å². The van der Waals surface area contributed by atoms with Crippen LogP contribution in [0.4, 0.5) is 14.6 Å². The Morgan fingerprint density at radius 1 is 1.18 bits per heavy atom. The first kappa shape index (κ1) is 24.3. The molecule has 34 heavy (non-hydrogen) atoms. The van der Waals surface area contributed by atoms with Gasteiger partial charge in [-0.1, -0.05) is 6.07 Å². The van der Waals surface area contributed by atoms with Gasteiger partial charge in [-0.05, 0) is 67.0 Å². The number of nitrogens with two attached hydrogens (primary N) is 1. The number of pyridine rings is 1.